The van der Waals surface area contributed by atoms with Crippen LogP contribution in [0.5, 0.6) is 0 Å². The smallest absolute Gasteiger partial charge is 0.340 e. The van der Waals surface area contributed by atoms with E-state index in [1.54, 1.807) is 58.6 Å². The zero-order chi connectivity index (χ0) is 18.1. The van der Waals surface area contributed by atoms with Crippen molar-refractivity contribution in [2.75, 3.05) is 7.11 Å². The largest absolute Gasteiger partial charge is 0.465 e. The van der Waals surface area contributed by atoms with E-state index in [9.17, 15) is 9.59 Å². The second kappa shape index (κ2) is 6.43. The third-order valence-electron chi connectivity index (χ3n) is 4.15. The quantitative estimate of drug-likeness (QED) is 0.438. The molecule has 7 heteroatoms. The number of ether oxygens (including phenoxy) is 1. The van der Waals surface area contributed by atoms with Gasteiger partial charge in [0, 0.05) is 12.6 Å². The maximum absolute atomic E-state index is 12.6. The standard InChI is InChI=1S/C18H16BN3O3/c1-21-16-13(17(24)25-2)4-3-5-14(16)22(18(21)20)10-15(23)11-6-8-12(19)9-7-11/h3-9,20H,10H2,1-2H3. The number of ketones is 1. The van der Waals surface area contributed by atoms with Gasteiger partial charge in [-0.3, -0.25) is 10.2 Å². The van der Waals surface area contributed by atoms with Crippen molar-refractivity contribution < 1.29 is 14.3 Å². The number of nitrogens with zero attached hydrogens (tertiary/aromatic N) is 2. The highest BCUT2D eigenvalue weighted by atomic mass is 16.5. The van der Waals surface area contributed by atoms with Crippen molar-refractivity contribution in [2.45, 2.75) is 6.54 Å². The first-order valence-corrected chi connectivity index (χ1v) is 7.64. The van der Waals surface area contributed by atoms with Crippen LogP contribution in [-0.2, 0) is 18.3 Å². The van der Waals surface area contributed by atoms with E-state index < -0.39 is 5.97 Å². The summed E-state index contributed by atoms with van der Waals surface area (Å²) in [5.74, 6) is -0.627. The van der Waals surface area contributed by atoms with Crippen LogP contribution in [0, 0.1) is 5.41 Å². The molecular formula is C18H16BN3O3. The van der Waals surface area contributed by atoms with Crippen LogP contribution in [0.2, 0.25) is 0 Å². The second-order valence-corrected chi connectivity index (χ2v) is 5.68. The van der Waals surface area contributed by atoms with Gasteiger partial charge in [-0.2, -0.15) is 0 Å². The number of carbonyl (C=O) groups excluding carboxylic acids is 2. The number of rotatable bonds is 4. The Kier molecular flexibility index (Phi) is 4.31. The van der Waals surface area contributed by atoms with Gasteiger partial charge in [0.2, 0.25) is 5.62 Å². The third kappa shape index (κ3) is 2.89. The number of methoxy groups -OCH3 is 1. The number of carbonyl (C=O) groups is 2. The van der Waals surface area contributed by atoms with Gasteiger partial charge in [-0.15, -0.1) is 0 Å². The molecule has 0 aliphatic carbocycles. The van der Waals surface area contributed by atoms with Crippen LogP contribution >= 0.6 is 0 Å². The Morgan fingerprint density at radius 1 is 1.16 bits per heavy atom. The van der Waals surface area contributed by atoms with Crippen molar-refractivity contribution in [3.8, 4) is 0 Å². The maximum Gasteiger partial charge on any atom is 0.340 e. The molecule has 0 atom stereocenters. The summed E-state index contributed by atoms with van der Waals surface area (Å²) in [6.45, 7) is -0.00921. The number of fused-ring (bicyclic) bond motifs is 1. The van der Waals surface area contributed by atoms with E-state index in [1.807, 2.05) is 0 Å². The first kappa shape index (κ1) is 16.8. The van der Waals surface area contributed by atoms with Gasteiger partial charge < -0.3 is 13.9 Å². The van der Waals surface area contributed by atoms with Gasteiger partial charge in [-0.1, -0.05) is 35.8 Å². The monoisotopic (exact) mass is 333 g/mol. The summed E-state index contributed by atoms with van der Waals surface area (Å²) in [5.41, 5.74) is 2.76. The predicted octanol–water partition coefficient (Wildman–Crippen LogP) is 0.923. The highest BCUT2D eigenvalue weighted by Gasteiger charge is 2.18. The second-order valence-electron chi connectivity index (χ2n) is 5.68. The molecule has 6 nitrogen and oxygen atoms in total. The van der Waals surface area contributed by atoms with E-state index in [0.29, 0.717) is 27.6 Å². The molecule has 0 fully saturated rings. The van der Waals surface area contributed by atoms with Crippen LogP contribution in [0.25, 0.3) is 11.0 Å². The van der Waals surface area contributed by atoms with E-state index in [2.05, 4.69) is 0 Å². The summed E-state index contributed by atoms with van der Waals surface area (Å²) in [6.07, 6.45) is 0. The normalized spacial score (nSPS) is 10.8. The van der Waals surface area contributed by atoms with Gasteiger partial charge >= 0.3 is 5.97 Å². The minimum Gasteiger partial charge on any atom is -0.465 e. The van der Waals surface area contributed by atoms with Gasteiger partial charge in [0.15, 0.2) is 5.78 Å². The Bertz CT molecular complexity index is 1030. The van der Waals surface area contributed by atoms with Crippen LogP contribution in [0.1, 0.15) is 20.7 Å². The highest BCUT2D eigenvalue weighted by molar-refractivity contribution is 6.32. The van der Waals surface area contributed by atoms with Crippen molar-refractivity contribution in [1.82, 2.24) is 9.13 Å². The first-order valence-electron chi connectivity index (χ1n) is 7.64. The summed E-state index contributed by atoms with van der Waals surface area (Å²) in [7, 11) is 8.64. The lowest BCUT2D eigenvalue weighted by molar-refractivity contribution is 0.0602. The fourth-order valence-corrected chi connectivity index (χ4v) is 2.84. The molecule has 3 rings (SSSR count). The maximum atomic E-state index is 12.6. The molecule has 3 aromatic rings. The first-order chi connectivity index (χ1) is 11.9. The molecule has 0 unspecified atom stereocenters. The summed E-state index contributed by atoms with van der Waals surface area (Å²) in [6, 6.07) is 11.8. The van der Waals surface area contributed by atoms with Crippen molar-refractivity contribution in [1.29, 1.82) is 5.41 Å². The van der Waals surface area contributed by atoms with Gasteiger partial charge in [0.25, 0.3) is 0 Å². The summed E-state index contributed by atoms with van der Waals surface area (Å²) in [5, 5.41) is 8.31. The predicted molar refractivity (Wildman–Crippen MR) is 94.3 cm³/mol. The van der Waals surface area contributed by atoms with Gasteiger partial charge in [-0.05, 0) is 12.1 Å². The molecule has 25 heavy (non-hydrogen) atoms. The average molecular weight is 333 g/mol. The Morgan fingerprint density at radius 2 is 1.84 bits per heavy atom. The Hall–Kier alpha value is -3.09. The molecule has 124 valence electrons. The third-order valence-corrected chi connectivity index (χ3v) is 4.15. The van der Waals surface area contributed by atoms with Crippen LogP contribution in [0.3, 0.4) is 0 Å². The van der Waals surface area contributed by atoms with Gasteiger partial charge in [0.05, 0.1) is 30.3 Å². The number of aromatic nitrogens is 2. The SMILES string of the molecule is [B]c1ccc(C(=O)Cn2c(=N)n(C)c3c(C(=O)OC)cccc32)cc1. The zero-order valence-electron chi connectivity index (χ0n) is 13.9. The number of nitrogens with one attached hydrogen (secondary N) is 1. The molecule has 0 amide bonds. The molecule has 0 saturated heterocycles. The molecule has 2 radical (unpaired) electrons. The van der Waals surface area contributed by atoms with E-state index >= 15 is 0 Å². The minimum absolute atomic E-state index is 0.00921. The van der Waals surface area contributed by atoms with Crippen molar-refractivity contribution >= 4 is 36.1 Å². The Labute approximate surface area is 145 Å². The molecule has 0 bridgehead atoms. The van der Waals surface area contributed by atoms with Crippen molar-refractivity contribution in [3.05, 3.63) is 59.2 Å². The summed E-state index contributed by atoms with van der Waals surface area (Å²) < 4.78 is 7.95. The van der Waals surface area contributed by atoms with Crippen LogP contribution < -0.4 is 11.1 Å². The Balaban J connectivity index is 2.10. The molecule has 2 aromatic carbocycles. The summed E-state index contributed by atoms with van der Waals surface area (Å²) >= 11 is 0. The molecule has 1 aromatic heterocycles. The number of imidazole rings is 1. The number of benzene rings is 2. The number of aryl methyl sites for hydroxylation is 1. The Morgan fingerprint density at radius 3 is 2.48 bits per heavy atom. The van der Waals surface area contributed by atoms with Crippen LogP contribution in [0.15, 0.2) is 42.5 Å². The lowest BCUT2D eigenvalue weighted by Gasteiger charge is -2.05. The van der Waals surface area contributed by atoms with Crippen LogP contribution in [-0.4, -0.2) is 35.8 Å². The zero-order valence-corrected chi connectivity index (χ0v) is 13.9. The number of hydrogen-bond donors (Lipinski definition) is 1. The van der Waals surface area contributed by atoms with Crippen LogP contribution in [0.4, 0.5) is 0 Å². The van der Waals surface area contributed by atoms with E-state index in [-0.39, 0.29) is 17.9 Å². The summed E-state index contributed by atoms with van der Waals surface area (Å²) in [4.78, 5) is 24.6. The fourth-order valence-electron chi connectivity index (χ4n) is 2.84. The van der Waals surface area contributed by atoms with E-state index in [0.717, 1.165) is 0 Å². The average Bonchev–Trinajstić information content (AvgIpc) is 2.86. The van der Waals surface area contributed by atoms with Crippen molar-refractivity contribution in [2.24, 2.45) is 7.05 Å². The molecule has 0 spiro atoms. The number of esters is 1. The number of hydrogen-bond acceptors (Lipinski definition) is 4. The molecular weight excluding hydrogens is 317 g/mol. The minimum atomic E-state index is -0.483. The fraction of sp³-hybridized carbons (Fsp3) is 0.167. The van der Waals surface area contributed by atoms with Crippen molar-refractivity contribution in [3.63, 3.8) is 0 Å². The topological polar surface area (TPSA) is 77.1 Å². The lowest BCUT2D eigenvalue weighted by Crippen LogP contribution is -2.26. The molecule has 1 heterocycles. The molecule has 0 saturated carbocycles. The number of para-hydroxylation sites is 1. The van der Waals surface area contributed by atoms with Gasteiger partial charge in [0.1, 0.15) is 7.85 Å². The highest BCUT2D eigenvalue weighted by Crippen LogP contribution is 2.19. The molecule has 0 aliphatic rings. The number of Topliss-reactive ketones (excluding diaryl/α,β-unsaturated/α-hetero) is 1. The van der Waals surface area contributed by atoms with E-state index in [1.165, 1.54) is 7.11 Å². The van der Waals surface area contributed by atoms with E-state index in [4.69, 9.17) is 18.0 Å². The van der Waals surface area contributed by atoms with Gasteiger partial charge in [-0.25, -0.2) is 4.79 Å². The lowest BCUT2D eigenvalue weighted by atomic mass is 9.94. The molecule has 1 N–H and O–H groups in total. The molecule has 0 aliphatic heterocycles.